The Morgan fingerprint density at radius 1 is 1.39 bits per heavy atom. The SMILES string of the molecule is COc1cccc2cc(C(C(=O)Cl)C(C)C)oc12. The van der Waals surface area contributed by atoms with Crippen molar-refractivity contribution in [2.75, 3.05) is 7.11 Å². The third-order valence-electron chi connectivity index (χ3n) is 2.96. The lowest BCUT2D eigenvalue weighted by atomic mass is 9.94. The van der Waals surface area contributed by atoms with E-state index in [4.69, 9.17) is 20.8 Å². The quantitative estimate of drug-likeness (QED) is 0.787. The number of ether oxygens (including phenoxy) is 1. The number of carbonyl (C=O) groups is 1. The summed E-state index contributed by atoms with van der Waals surface area (Å²) in [6.45, 7) is 3.88. The molecule has 2 aromatic rings. The first kappa shape index (κ1) is 13.0. The summed E-state index contributed by atoms with van der Waals surface area (Å²) in [7, 11) is 1.59. The summed E-state index contributed by atoms with van der Waals surface area (Å²) in [6.07, 6.45) is 0. The fraction of sp³-hybridized carbons (Fsp3) is 0.357. The van der Waals surface area contributed by atoms with Gasteiger partial charge < -0.3 is 9.15 Å². The van der Waals surface area contributed by atoms with Gasteiger partial charge in [0.25, 0.3) is 0 Å². The molecule has 2 rings (SSSR count). The van der Waals surface area contributed by atoms with Gasteiger partial charge in [-0.2, -0.15) is 0 Å². The molecule has 1 aromatic carbocycles. The molecule has 0 saturated heterocycles. The van der Waals surface area contributed by atoms with Gasteiger partial charge in [-0.25, -0.2) is 0 Å². The predicted molar refractivity (Wildman–Crippen MR) is 71.2 cm³/mol. The van der Waals surface area contributed by atoms with Crippen LogP contribution in [-0.4, -0.2) is 12.4 Å². The first-order chi connectivity index (χ1) is 8.54. The molecule has 1 atom stereocenters. The fourth-order valence-electron chi connectivity index (χ4n) is 2.07. The average Bonchev–Trinajstić information content (AvgIpc) is 2.70. The second-order valence-electron chi connectivity index (χ2n) is 4.55. The summed E-state index contributed by atoms with van der Waals surface area (Å²) in [5.41, 5.74) is 0.651. The molecule has 0 aliphatic carbocycles. The monoisotopic (exact) mass is 266 g/mol. The molecule has 0 bridgehead atoms. The van der Waals surface area contributed by atoms with E-state index in [2.05, 4.69) is 0 Å². The maximum atomic E-state index is 11.5. The molecule has 0 saturated carbocycles. The average molecular weight is 267 g/mol. The van der Waals surface area contributed by atoms with E-state index in [1.54, 1.807) is 7.11 Å². The van der Waals surface area contributed by atoms with Gasteiger partial charge in [-0.3, -0.25) is 4.79 Å². The van der Waals surface area contributed by atoms with Crippen molar-refractivity contribution in [2.45, 2.75) is 19.8 Å². The normalized spacial score (nSPS) is 12.9. The highest BCUT2D eigenvalue weighted by molar-refractivity contribution is 6.64. The number of fused-ring (bicyclic) bond motifs is 1. The van der Waals surface area contributed by atoms with E-state index >= 15 is 0 Å². The smallest absolute Gasteiger partial charge is 0.232 e. The molecule has 0 amide bonds. The van der Waals surface area contributed by atoms with Crippen LogP contribution < -0.4 is 4.74 Å². The maximum Gasteiger partial charge on any atom is 0.232 e. The standard InChI is InChI=1S/C14H15ClO3/c1-8(2)12(14(15)16)11-7-9-5-4-6-10(17-3)13(9)18-11/h4-8,12H,1-3H3. The van der Waals surface area contributed by atoms with Gasteiger partial charge in [-0.05, 0) is 29.7 Å². The van der Waals surface area contributed by atoms with E-state index in [0.29, 0.717) is 17.1 Å². The zero-order valence-electron chi connectivity index (χ0n) is 10.6. The molecule has 0 aliphatic heterocycles. The Morgan fingerprint density at radius 3 is 2.67 bits per heavy atom. The minimum absolute atomic E-state index is 0.0848. The van der Waals surface area contributed by atoms with E-state index in [0.717, 1.165) is 5.39 Å². The summed E-state index contributed by atoms with van der Waals surface area (Å²) in [5, 5.41) is 0.510. The van der Waals surface area contributed by atoms with Gasteiger partial charge in [0, 0.05) is 5.39 Å². The number of hydrogen-bond donors (Lipinski definition) is 0. The Balaban J connectivity index is 2.55. The van der Waals surface area contributed by atoms with Crippen molar-refractivity contribution in [1.29, 1.82) is 0 Å². The molecule has 0 N–H and O–H groups in total. The van der Waals surface area contributed by atoms with Crippen molar-refractivity contribution >= 4 is 27.8 Å². The van der Waals surface area contributed by atoms with Crippen LogP contribution in [0.5, 0.6) is 5.75 Å². The number of rotatable bonds is 4. The Hall–Kier alpha value is -1.48. The van der Waals surface area contributed by atoms with Gasteiger partial charge in [0.15, 0.2) is 11.3 Å². The molecule has 4 heteroatoms. The van der Waals surface area contributed by atoms with Crippen LogP contribution in [0.1, 0.15) is 25.5 Å². The van der Waals surface area contributed by atoms with Crippen molar-refractivity contribution < 1.29 is 13.9 Å². The molecule has 0 radical (unpaired) electrons. The number of halogens is 1. The summed E-state index contributed by atoms with van der Waals surface area (Å²) >= 11 is 5.64. The van der Waals surface area contributed by atoms with Crippen LogP contribution in [0.2, 0.25) is 0 Å². The maximum absolute atomic E-state index is 11.5. The number of benzene rings is 1. The van der Waals surface area contributed by atoms with Crippen LogP contribution in [0.4, 0.5) is 0 Å². The molecule has 1 unspecified atom stereocenters. The first-order valence-corrected chi connectivity index (χ1v) is 6.18. The fourth-order valence-corrected chi connectivity index (χ4v) is 2.43. The van der Waals surface area contributed by atoms with Crippen LogP contribution in [0.15, 0.2) is 28.7 Å². The highest BCUT2D eigenvalue weighted by atomic mass is 35.5. The van der Waals surface area contributed by atoms with Crippen molar-refractivity contribution in [3.63, 3.8) is 0 Å². The Labute approximate surface area is 111 Å². The highest BCUT2D eigenvalue weighted by Gasteiger charge is 2.26. The molecule has 0 fully saturated rings. The van der Waals surface area contributed by atoms with Gasteiger partial charge in [0.05, 0.1) is 13.0 Å². The molecular formula is C14H15ClO3. The van der Waals surface area contributed by atoms with Crippen LogP contribution in [-0.2, 0) is 4.79 Å². The molecule has 0 spiro atoms. The van der Waals surface area contributed by atoms with Crippen molar-refractivity contribution in [1.82, 2.24) is 0 Å². The van der Waals surface area contributed by atoms with Crippen LogP contribution in [0.25, 0.3) is 11.0 Å². The summed E-state index contributed by atoms with van der Waals surface area (Å²) < 4.78 is 11.0. The Kier molecular flexibility index (Phi) is 3.62. The number of hydrogen-bond acceptors (Lipinski definition) is 3. The molecule has 18 heavy (non-hydrogen) atoms. The van der Waals surface area contributed by atoms with Crippen molar-refractivity contribution in [2.24, 2.45) is 5.92 Å². The third-order valence-corrected chi connectivity index (χ3v) is 3.20. The molecule has 1 heterocycles. The van der Waals surface area contributed by atoms with Gasteiger partial charge >= 0.3 is 0 Å². The van der Waals surface area contributed by atoms with Crippen LogP contribution >= 0.6 is 11.6 Å². The largest absolute Gasteiger partial charge is 0.493 e. The Morgan fingerprint density at radius 2 is 2.11 bits per heavy atom. The molecule has 96 valence electrons. The van der Waals surface area contributed by atoms with Crippen molar-refractivity contribution in [3.8, 4) is 5.75 Å². The van der Waals surface area contributed by atoms with Gasteiger partial charge in [0.2, 0.25) is 5.24 Å². The van der Waals surface area contributed by atoms with Crippen molar-refractivity contribution in [3.05, 3.63) is 30.0 Å². The van der Waals surface area contributed by atoms with Crippen LogP contribution in [0, 0.1) is 5.92 Å². The molecule has 1 aromatic heterocycles. The lowest BCUT2D eigenvalue weighted by Crippen LogP contribution is -2.12. The number of methoxy groups -OCH3 is 1. The minimum atomic E-state index is -0.427. The summed E-state index contributed by atoms with van der Waals surface area (Å²) in [6, 6.07) is 7.47. The Bertz CT molecular complexity index is 571. The first-order valence-electron chi connectivity index (χ1n) is 5.80. The van der Waals surface area contributed by atoms with Gasteiger partial charge in [-0.15, -0.1) is 0 Å². The predicted octanol–water partition coefficient (Wildman–Crippen LogP) is 3.95. The van der Waals surface area contributed by atoms with E-state index in [1.807, 2.05) is 38.1 Å². The van der Waals surface area contributed by atoms with E-state index in [-0.39, 0.29) is 5.92 Å². The number of carbonyl (C=O) groups excluding carboxylic acids is 1. The van der Waals surface area contributed by atoms with Gasteiger partial charge in [0.1, 0.15) is 5.76 Å². The van der Waals surface area contributed by atoms with E-state index < -0.39 is 11.2 Å². The second kappa shape index (κ2) is 5.02. The number of para-hydroxylation sites is 1. The molecule has 0 aliphatic rings. The second-order valence-corrected chi connectivity index (χ2v) is 4.93. The zero-order valence-corrected chi connectivity index (χ0v) is 11.3. The minimum Gasteiger partial charge on any atom is -0.493 e. The summed E-state index contributed by atoms with van der Waals surface area (Å²) in [5.74, 6) is 0.901. The number of furan rings is 1. The third kappa shape index (κ3) is 2.23. The lowest BCUT2D eigenvalue weighted by molar-refractivity contribution is -0.114. The summed E-state index contributed by atoms with van der Waals surface area (Å²) in [4.78, 5) is 11.5. The molecular weight excluding hydrogens is 252 g/mol. The highest BCUT2D eigenvalue weighted by Crippen LogP contribution is 2.35. The van der Waals surface area contributed by atoms with E-state index in [9.17, 15) is 4.79 Å². The topological polar surface area (TPSA) is 39.4 Å². The van der Waals surface area contributed by atoms with Crippen LogP contribution in [0.3, 0.4) is 0 Å². The molecule has 3 nitrogen and oxygen atoms in total. The van der Waals surface area contributed by atoms with Gasteiger partial charge in [-0.1, -0.05) is 26.0 Å². The zero-order chi connectivity index (χ0) is 13.3. The lowest BCUT2D eigenvalue weighted by Gasteiger charge is -2.13. The van der Waals surface area contributed by atoms with E-state index in [1.165, 1.54) is 0 Å².